The highest BCUT2D eigenvalue weighted by molar-refractivity contribution is 5.71. The summed E-state index contributed by atoms with van der Waals surface area (Å²) in [6, 6.07) is 19.6. The molecule has 3 rings (SSSR count). The van der Waals surface area contributed by atoms with Gasteiger partial charge in [0, 0.05) is 5.56 Å². The molecule has 0 aliphatic heterocycles. The van der Waals surface area contributed by atoms with Gasteiger partial charge in [-0.05, 0) is 60.9 Å². The van der Waals surface area contributed by atoms with Crippen LogP contribution in [0.5, 0.6) is 11.5 Å². The lowest BCUT2D eigenvalue weighted by molar-refractivity contribution is 0.130. The summed E-state index contributed by atoms with van der Waals surface area (Å²) in [5.74, 6) is 0.976. The van der Waals surface area contributed by atoms with Crippen LogP contribution in [0.4, 0.5) is 4.39 Å². The molecule has 0 saturated carbocycles. The van der Waals surface area contributed by atoms with Gasteiger partial charge in [-0.15, -0.1) is 0 Å². The van der Waals surface area contributed by atoms with Crippen LogP contribution in [-0.2, 0) is 0 Å². The van der Waals surface area contributed by atoms with Gasteiger partial charge in [0.15, 0.2) is 0 Å². The molecular weight excluding hydrogens is 371 g/mol. The van der Waals surface area contributed by atoms with E-state index in [0.29, 0.717) is 17.1 Å². The summed E-state index contributed by atoms with van der Waals surface area (Å²) in [6.45, 7) is 3.44. The fourth-order valence-corrected chi connectivity index (χ4v) is 2.91. The summed E-state index contributed by atoms with van der Waals surface area (Å²) in [5, 5.41) is 18.1. The Morgan fingerprint density at radius 2 is 1.14 bits per heavy atom. The Balaban J connectivity index is 1.76. The summed E-state index contributed by atoms with van der Waals surface area (Å²) in [6.07, 6.45) is -0.568. The van der Waals surface area contributed by atoms with Crippen molar-refractivity contribution >= 4 is 0 Å². The van der Waals surface area contributed by atoms with Crippen LogP contribution in [0.15, 0.2) is 66.7 Å². The zero-order valence-electron chi connectivity index (χ0n) is 16.5. The van der Waals surface area contributed by atoms with Crippen molar-refractivity contribution in [2.75, 3.05) is 13.2 Å². The van der Waals surface area contributed by atoms with Crippen molar-refractivity contribution in [1.82, 2.24) is 0 Å². The van der Waals surface area contributed by atoms with Crippen molar-refractivity contribution in [1.29, 1.82) is 0 Å². The zero-order valence-corrected chi connectivity index (χ0v) is 16.5. The number of aliphatic hydroxyl groups is 2. The molecule has 3 aromatic carbocycles. The molecule has 3 aromatic rings. The van der Waals surface area contributed by atoms with E-state index in [1.807, 2.05) is 18.2 Å². The Hall–Kier alpha value is -2.89. The molecule has 0 heterocycles. The summed E-state index contributed by atoms with van der Waals surface area (Å²) in [5.41, 5.74) is 2.90. The number of hydrogen-bond donors (Lipinski definition) is 2. The highest BCUT2D eigenvalue weighted by Crippen LogP contribution is 2.30. The van der Waals surface area contributed by atoms with Gasteiger partial charge in [-0.25, -0.2) is 4.39 Å². The first-order chi connectivity index (χ1) is 14.0. The maximum absolute atomic E-state index is 14.8. The van der Waals surface area contributed by atoms with E-state index in [-0.39, 0.29) is 31.2 Å². The van der Waals surface area contributed by atoms with Crippen molar-refractivity contribution in [3.63, 3.8) is 0 Å². The van der Waals surface area contributed by atoms with Crippen molar-refractivity contribution < 1.29 is 24.1 Å². The van der Waals surface area contributed by atoms with Gasteiger partial charge in [0.25, 0.3) is 0 Å². The number of hydrogen-bond acceptors (Lipinski definition) is 4. The van der Waals surface area contributed by atoms with Gasteiger partial charge in [-0.2, -0.15) is 0 Å². The second kappa shape index (κ2) is 9.54. The van der Waals surface area contributed by atoms with Gasteiger partial charge >= 0.3 is 0 Å². The Morgan fingerprint density at radius 3 is 1.59 bits per heavy atom. The van der Waals surface area contributed by atoms with Gasteiger partial charge in [-0.1, -0.05) is 36.4 Å². The average Bonchev–Trinajstić information content (AvgIpc) is 2.74. The number of aliphatic hydroxyl groups excluding tert-OH is 2. The molecule has 0 aromatic heterocycles. The lowest BCUT2D eigenvalue weighted by Crippen LogP contribution is -2.15. The number of benzene rings is 3. The largest absolute Gasteiger partial charge is 0.488 e. The van der Waals surface area contributed by atoms with Gasteiger partial charge in [0.1, 0.15) is 29.5 Å². The van der Waals surface area contributed by atoms with Crippen LogP contribution in [0.2, 0.25) is 0 Å². The van der Waals surface area contributed by atoms with Crippen LogP contribution >= 0.6 is 0 Å². The van der Waals surface area contributed by atoms with E-state index >= 15 is 0 Å². The second-order valence-electron chi connectivity index (χ2n) is 6.97. The first-order valence-electron chi connectivity index (χ1n) is 9.55. The Morgan fingerprint density at radius 1 is 0.690 bits per heavy atom. The molecule has 0 radical (unpaired) electrons. The third-order valence-electron chi connectivity index (χ3n) is 4.51. The van der Waals surface area contributed by atoms with E-state index in [9.17, 15) is 4.39 Å². The standard InChI is InChI=1S/C24H25FO4/c1-16(14-26)28-21-8-3-18(4-9-21)20-7-12-23(24(25)13-20)19-5-10-22(11-6-19)29-17(2)15-27/h3-13,16-17,26-27H,14-15H2,1-2H3/t16-,17-/m0/s1. The van der Waals surface area contributed by atoms with Crippen LogP contribution in [0.3, 0.4) is 0 Å². The molecule has 0 aliphatic carbocycles. The van der Waals surface area contributed by atoms with Crippen molar-refractivity contribution in [3.8, 4) is 33.8 Å². The fourth-order valence-electron chi connectivity index (χ4n) is 2.91. The van der Waals surface area contributed by atoms with E-state index < -0.39 is 0 Å². The molecule has 4 nitrogen and oxygen atoms in total. The highest BCUT2D eigenvalue weighted by atomic mass is 19.1. The highest BCUT2D eigenvalue weighted by Gasteiger charge is 2.09. The third-order valence-corrected chi connectivity index (χ3v) is 4.51. The Labute approximate surface area is 170 Å². The van der Waals surface area contributed by atoms with E-state index in [1.165, 1.54) is 6.07 Å². The molecule has 0 saturated heterocycles. The Kier molecular flexibility index (Phi) is 6.86. The molecule has 0 bridgehead atoms. The summed E-state index contributed by atoms with van der Waals surface area (Å²) < 4.78 is 25.8. The summed E-state index contributed by atoms with van der Waals surface area (Å²) in [7, 11) is 0. The summed E-state index contributed by atoms with van der Waals surface area (Å²) in [4.78, 5) is 0. The predicted octanol–water partition coefficient (Wildman–Crippen LogP) is 4.68. The van der Waals surface area contributed by atoms with Crippen molar-refractivity contribution in [2.45, 2.75) is 26.1 Å². The molecule has 2 N–H and O–H groups in total. The molecular formula is C24H25FO4. The Bertz CT molecular complexity index is 923. The normalized spacial score (nSPS) is 13.0. The molecule has 0 amide bonds. The molecule has 0 fully saturated rings. The van der Waals surface area contributed by atoms with Gasteiger partial charge in [-0.3, -0.25) is 0 Å². The molecule has 0 unspecified atom stereocenters. The SMILES string of the molecule is C[C@@H](CO)Oc1ccc(-c2ccc(-c3ccc(O[C@@H](C)CO)cc3)c(F)c2)cc1. The van der Waals surface area contributed by atoms with Crippen molar-refractivity contribution in [3.05, 3.63) is 72.5 Å². The zero-order chi connectivity index (χ0) is 20.8. The smallest absolute Gasteiger partial charge is 0.131 e. The third kappa shape index (κ3) is 5.34. The van der Waals surface area contributed by atoms with Gasteiger partial charge in [0.05, 0.1) is 13.2 Å². The van der Waals surface area contributed by atoms with E-state index in [0.717, 1.165) is 16.7 Å². The van der Waals surface area contributed by atoms with Crippen LogP contribution < -0.4 is 9.47 Å². The fraction of sp³-hybridized carbons (Fsp3) is 0.250. The maximum Gasteiger partial charge on any atom is 0.131 e. The number of rotatable bonds is 8. The molecule has 29 heavy (non-hydrogen) atoms. The van der Waals surface area contributed by atoms with Gasteiger partial charge < -0.3 is 19.7 Å². The first-order valence-corrected chi connectivity index (χ1v) is 9.55. The average molecular weight is 396 g/mol. The maximum atomic E-state index is 14.8. The topological polar surface area (TPSA) is 58.9 Å². The molecule has 2 atom stereocenters. The van der Waals surface area contributed by atoms with Crippen molar-refractivity contribution in [2.24, 2.45) is 0 Å². The van der Waals surface area contributed by atoms with E-state index in [4.69, 9.17) is 19.7 Å². The van der Waals surface area contributed by atoms with E-state index in [2.05, 4.69) is 0 Å². The monoisotopic (exact) mass is 396 g/mol. The minimum Gasteiger partial charge on any atom is -0.488 e. The van der Waals surface area contributed by atoms with Crippen LogP contribution in [0, 0.1) is 5.82 Å². The second-order valence-corrected chi connectivity index (χ2v) is 6.97. The minimum atomic E-state index is -0.311. The van der Waals surface area contributed by atoms with Crippen LogP contribution in [0.1, 0.15) is 13.8 Å². The van der Waals surface area contributed by atoms with Gasteiger partial charge in [0.2, 0.25) is 0 Å². The molecule has 0 spiro atoms. The number of halogens is 1. The number of ether oxygens (including phenoxy) is 2. The molecule has 0 aliphatic rings. The molecule has 5 heteroatoms. The first kappa shape index (κ1) is 20.8. The lowest BCUT2D eigenvalue weighted by atomic mass is 9.99. The quantitative estimate of drug-likeness (QED) is 0.581. The minimum absolute atomic E-state index is 0.0536. The predicted molar refractivity (Wildman–Crippen MR) is 112 cm³/mol. The lowest BCUT2D eigenvalue weighted by Gasteiger charge is -2.13. The molecule has 152 valence electrons. The van der Waals surface area contributed by atoms with Crippen LogP contribution in [-0.4, -0.2) is 35.6 Å². The summed E-state index contributed by atoms with van der Waals surface area (Å²) >= 11 is 0. The van der Waals surface area contributed by atoms with E-state index in [1.54, 1.807) is 56.3 Å². The van der Waals surface area contributed by atoms with Crippen LogP contribution in [0.25, 0.3) is 22.3 Å².